The Labute approximate surface area is 209 Å². The van der Waals surface area contributed by atoms with Crippen molar-refractivity contribution in [2.75, 3.05) is 6.61 Å². The zero-order valence-corrected chi connectivity index (χ0v) is 19.6. The summed E-state index contributed by atoms with van der Waals surface area (Å²) in [5.74, 6) is -1.86. The van der Waals surface area contributed by atoms with Gasteiger partial charge in [-0.3, -0.25) is 14.4 Å². The van der Waals surface area contributed by atoms with E-state index in [-0.39, 0.29) is 42.4 Å². The molecular formula is C26H21F2N5O4. The predicted molar refractivity (Wildman–Crippen MR) is 127 cm³/mol. The van der Waals surface area contributed by atoms with Gasteiger partial charge < -0.3 is 15.4 Å². The van der Waals surface area contributed by atoms with E-state index in [1.54, 1.807) is 25.1 Å². The molecule has 0 saturated heterocycles. The normalized spacial score (nSPS) is 13.5. The molecule has 1 aliphatic heterocycles. The highest BCUT2D eigenvalue weighted by Crippen LogP contribution is 2.24. The molecule has 5 rings (SSSR count). The van der Waals surface area contributed by atoms with Crippen molar-refractivity contribution in [1.29, 1.82) is 0 Å². The fourth-order valence-electron chi connectivity index (χ4n) is 4.04. The van der Waals surface area contributed by atoms with Crippen molar-refractivity contribution in [2.45, 2.75) is 25.9 Å². The molecule has 0 unspecified atom stereocenters. The van der Waals surface area contributed by atoms with Crippen LogP contribution in [0.1, 0.15) is 50.6 Å². The van der Waals surface area contributed by atoms with Gasteiger partial charge in [0.25, 0.3) is 11.8 Å². The molecule has 1 aliphatic rings. The molecule has 0 aliphatic carbocycles. The van der Waals surface area contributed by atoms with Crippen LogP contribution in [0.2, 0.25) is 0 Å². The van der Waals surface area contributed by atoms with Gasteiger partial charge >= 0.3 is 0 Å². The summed E-state index contributed by atoms with van der Waals surface area (Å²) in [6.07, 6.45) is 1.16. The number of Topliss-reactive ketones (excluding diaryl/α,β-unsaturated/α-hetero) is 1. The molecule has 37 heavy (non-hydrogen) atoms. The smallest absolute Gasteiger partial charge is 0.270 e. The third-order valence-electron chi connectivity index (χ3n) is 5.97. The van der Waals surface area contributed by atoms with Gasteiger partial charge in [-0.2, -0.15) is 5.10 Å². The molecule has 1 atom stereocenters. The van der Waals surface area contributed by atoms with E-state index in [0.717, 1.165) is 21.8 Å². The van der Waals surface area contributed by atoms with Crippen molar-refractivity contribution in [1.82, 2.24) is 25.2 Å². The van der Waals surface area contributed by atoms with Gasteiger partial charge in [-0.15, -0.1) is 0 Å². The van der Waals surface area contributed by atoms with E-state index in [1.165, 1.54) is 30.3 Å². The van der Waals surface area contributed by atoms with Crippen LogP contribution in [-0.2, 0) is 17.8 Å². The van der Waals surface area contributed by atoms with Gasteiger partial charge in [0.2, 0.25) is 0 Å². The lowest BCUT2D eigenvalue weighted by molar-refractivity contribution is -0.121. The van der Waals surface area contributed by atoms with Gasteiger partial charge in [-0.25, -0.2) is 18.3 Å². The summed E-state index contributed by atoms with van der Waals surface area (Å²) >= 11 is 0. The second-order valence-electron chi connectivity index (χ2n) is 8.63. The number of nitrogens with zero attached hydrogens (tertiary/aromatic N) is 3. The molecule has 0 spiro atoms. The number of ether oxygens (including phenoxy) is 1. The Morgan fingerprint density at radius 1 is 1.11 bits per heavy atom. The van der Waals surface area contributed by atoms with Crippen LogP contribution in [0.4, 0.5) is 8.78 Å². The van der Waals surface area contributed by atoms with E-state index in [9.17, 15) is 23.2 Å². The molecular weight excluding hydrogens is 484 g/mol. The topological polar surface area (TPSA) is 115 Å². The minimum absolute atomic E-state index is 0.0337. The van der Waals surface area contributed by atoms with Gasteiger partial charge in [0.05, 0.1) is 12.2 Å². The fourth-order valence-corrected chi connectivity index (χ4v) is 4.04. The maximum atomic E-state index is 14.4. The molecule has 188 valence electrons. The zero-order valence-electron chi connectivity index (χ0n) is 19.6. The Kier molecular flexibility index (Phi) is 6.34. The number of hydrogen-bond acceptors (Lipinski definition) is 6. The molecule has 9 nitrogen and oxygen atoms in total. The van der Waals surface area contributed by atoms with Crippen molar-refractivity contribution in [3.05, 3.63) is 94.4 Å². The number of halogens is 2. The van der Waals surface area contributed by atoms with E-state index < -0.39 is 29.5 Å². The minimum Gasteiger partial charge on any atom is -0.486 e. The monoisotopic (exact) mass is 505 g/mol. The number of ketones is 1. The number of benzene rings is 2. The highest BCUT2D eigenvalue weighted by Gasteiger charge is 2.22. The summed E-state index contributed by atoms with van der Waals surface area (Å²) < 4.78 is 34.0. The van der Waals surface area contributed by atoms with Gasteiger partial charge in [0.15, 0.2) is 17.2 Å². The van der Waals surface area contributed by atoms with Crippen molar-refractivity contribution >= 4 is 23.2 Å². The third-order valence-corrected chi connectivity index (χ3v) is 5.97. The number of carbonyl (C=O) groups is 3. The SMILES string of the molecule is C[C@H](NC(=O)c1cc(C(=O)NCc2ccc3c(c2)CC(=O)CO3)nc2c(F)cnn12)c1ccc(F)cc1. The molecule has 0 bridgehead atoms. The largest absolute Gasteiger partial charge is 0.486 e. The second-order valence-corrected chi connectivity index (χ2v) is 8.63. The van der Waals surface area contributed by atoms with E-state index in [4.69, 9.17) is 4.74 Å². The maximum absolute atomic E-state index is 14.4. The summed E-state index contributed by atoms with van der Waals surface area (Å²) in [6.45, 7) is 1.86. The summed E-state index contributed by atoms with van der Waals surface area (Å²) in [7, 11) is 0. The first-order valence-electron chi connectivity index (χ1n) is 11.4. The molecule has 11 heteroatoms. The van der Waals surface area contributed by atoms with Crippen LogP contribution in [-0.4, -0.2) is 38.8 Å². The lowest BCUT2D eigenvalue weighted by Gasteiger charge is -2.17. The van der Waals surface area contributed by atoms with Gasteiger partial charge in [-0.05, 0) is 42.3 Å². The molecule has 4 aromatic rings. The van der Waals surface area contributed by atoms with E-state index >= 15 is 0 Å². The van der Waals surface area contributed by atoms with E-state index in [0.29, 0.717) is 11.3 Å². The molecule has 2 aromatic heterocycles. The van der Waals surface area contributed by atoms with E-state index in [2.05, 4.69) is 20.7 Å². The van der Waals surface area contributed by atoms with Crippen molar-refractivity contribution < 1.29 is 27.9 Å². The molecule has 2 amide bonds. The zero-order chi connectivity index (χ0) is 26.1. The first kappa shape index (κ1) is 24.0. The Morgan fingerprint density at radius 2 is 1.89 bits per heavy atom. The summed E-state index contributed by atoms with van der Waals surface area (Å²) in [6, 6.07) is 11.6. The lowest BCUT2D eigenvalue weighted by Crippen LogP contribution is -2.30. The number of rotatable bonds is 6. The van der Waals surface area contributed by atoms with Crippen molar-refractivity contribution in [2.24, 2.45) is 0 Å². The molecule has 0 fully saturated rings. The van der Waals surface area contributed by atoms with Crippen molar-refractivity contribution in [3.63, 3.8) is 0 Å². The van der Waals surface area contributed by atoms with Gasteiger partial charge in [0.1, 0.15) is 29.6 Å². The highest BCUT2D eigenvalue weighted by molar-refractivity contribution is 5.98. The standard InChI is InChI=1S/C26H21F2N5O4/c1-14(16-3-5-18(27)6-4-16)31-26(36)22-10-21(32-24-20(28)12-30-33(22)24)25(35)29-11-15-2-7-23-17(8-15)9-19(34)13-37-23/h2-8,10,12,14H,9,11,13H2,1H3,(H,29,35)(H,31,36)/t14-/m0/s1. The number of hydrogen-bond donors (Lipinski definition) is 2. The Balaban J connectivity index is 1.36. The summed E-state index contributed by atoms with van der Waals surface area (Å²) in [4.78, 5) is 41.7. The molecule has 2 N–H and O–H groups in total. The number of fused-ring (bicyclic) bond motifs is 2. The maximum Gasteiger partial charge on any atom is 0.270 e. The first-order valence-corrected chi connectivity index (χ1v) is 11.4. The number of aromatic nitrogens is 3. The number of amides is 2. The molecule has 0 saturated carbocycles. The van der Waals surface area contributed by atoms with Crippen LogP contribution in [0.5, 0.6) is 5.75 Å². The fraction of sp³-hybridized carbons (Fsp3) is 0.192. The summed E-state index contributed by atoms with van der Waals surface area (Å²) in [5.41, 5.74) is 1.56. The van der Waals surface area contributed by atoms with Crippen LogP contribution in [0, 0.1) is 11.6 Å². The number of carbonyl (C=O) groups excluding carboxylic acids is 3. The number of nitrogens with one attached hydrogen (secondary N) is 2. The third kappa shape index (κ3) is 5.01. The quantitative estimate of drug-likeness (QED) is 0.417. The average molecular weight is 505 g/mol. The van der Waals surface area contributed by atoms with Gasteiger partial charge in [0, 0.05) is 24.6 Å². The van der Waals surface area contributed by atoms with Crippen molar-refractivity contribution in [3.8, 4) is 5.75 Å². The molecule has 0 radical (unpaired) electrons. The highest BCUT2D eigenvalue weighted by atomic mass is 19.1. The lowest BCUT2D eigenvalue weighted by atomic mass is 10.0. The summed E-state index contributed by atoms with van der Waals surface area (Å²) in [5, 5.41) is 9.32. The Bertz CT molecular complexity index is 1530. The van der Waals surface area contributed by atoms with Crippen LogP contribution < -0.4 is 15.4 Å². The second kappa shape index (κ2) is 9.76. The predicted octanol–water partition coefficient (Wildman–Crippen LogP) is 2.93. The van der Waals surface area contributed by atoms with Gasteiger partial charge in [-0.1, -0.05) is 18.2 Å². The Hall–Kier alpha value is -4.67. The molecule has 3 heterocycles. The molecule has 2 aromatic carbocycles. The van der Waals surface area contributed by atoms with E-state index in [1.807, 2.05) is 0 Å². The van der Waals surface area contributed by atoms with Crippen LogP contribution in [0.15, 0.2) is 54.7 Å². The van der Waals surface area contributed by atoms with Crippen LogP contribution in [0.3, 0.4) is 0 Å². The van der Waals surface area contributed by atoms with Crippen LogP contribution in [0.25, 0.3) is 5.65 Å². The minimum atomic E-state index is -0.797. The Morgan fingerprint density at radius 3 is 2.68 bits per heavy atom. The average Bonchev–Trinajstić information content (AvgIpc) is 3.27. The van der Waals surface area contributed by atoms with Crippen LogP contribution >= 0.6 is 0 Å². The first-order chi connectivity index (χ1) is 17.8.